The first-order valence-corrected chi connectivity index (χ1v) is 4.93. The van der Waals surface area contributed by atoms with Gasteiger partial charge < -0.3 is 4.90 Å². The molecule has 2 aliphatic carbocycles. The first-order valence-electron chi connectivity index (χ1n) is 4.93. The Labute approximate surface area is 69.8 Å². The molecule has 63 valence electrons. The van der Waals surface area contributed by atoms with Crippen LogP contribution >= 0.6 is 0 Å². The highest BCUT2D eigenvalue weighted by molar-refractivity contribution is 4.96. The molecule has 1 unspecified atom stereocenters. The second-order valence-electron chi connectivity index (χ2n) is 3.98. The average molecular weight is 152 g/mol. The van der Waals surface area contributed by atoms with Crippen LogP contribution in [0.15, 0.2) is 0 Å². The van der Waals surface area contributed by atoms with Crippen molar-refractivity contribution in [3.8, 4) is 0 Å². The minimum atomic E-state index is 0.832. The third kappa shape index (κ3) is 1.44. The van der Waals surface area contributed by atoms with Gasteiger partial charge in [-0.05, 0) is 39.2 Å². The molecule has 1 radical (unpaired) electrons. The Balaban J connectivity index is 1.82. The summed E-state index contributed by atoms with van der Waals surface area (Å²) in [6.45, 7) is 0. The molecule has 2 aliphatic rings. The first-order chi connectivity index (χ1) is 5.38. The lowest BCUT2D eigenvalue weighted by molar-refractivity contribution is 0.155. The number of rotatable bonds is 2. The van der Waals surface area contributed by atoms with E-state index in [0.29, 0.717) is 0 Å². The fraction of sp³-hybridized carbons (Fsp3) is 0.900. The van der Waals surface area contributed by atoms with Crippen LogP contribution < -0.4 is 0 Å². The summed E-state index contributed by atoms with van der Waals surface area (Å²) in [5.74, 6) is 0. The molecular formula is C10H18N. The Morgan fingerprint density at radius 2 is 1.82 bits per heavy atom. The van der Waals surface area contributed by atoms with Crippen molar-refractivity contribution in [1.82, 2.24) is 4.90 Å². The third-order valence-corrected chi connectivity index (χ3v) is 3.32. The van der Waals surface area contributed by atoms with Crippen molar-refractivity contribution in [2.24, 2.45) is 0 Å². The summed E-state index contributed by atoms with van der Waals surface area (Å²) in [7, 11) is 2.30. The summed E-state index contributed by atoms with van der Waals surface area (Å²) in [6, 6.07) is 1.75. The molecule has 0 heterocycles. The van der Waals surface area contributed by atoms with Crippen LogP contribution in [0.4, 0.5) is 0 Å². The van der Waals surface area contributed by atoms with E-state index in [1.54, 1.807) is 0 Å². The van der Waals surface area contributed by atoms with Gasteiger partial charge in [0.25, 0.3) is 0 Å². The predicted octanol–water partition coefficient (Wildman–Crippen LogP) is 2.23. The smallest absolute Gasteiger partial charge is 0.0127 e. The standard InChI is InChI=1S/C10H18N/c1-11(10-7-4-8-10)9-5-2-3-6-9/h7,9-10H,2-6,8H2,1H3. The molecule has 0 bridgehead atoms. The fourth-order valence-electron chi connectivity index (χ4n) is 2.27. The van der Waals surface area contributed by atoms with Crippen molar-refractivity contribution in [3.05, 3.63) is 6.42 Å². The molecule has 1 atom stereocenters. The molecular weight excluding hydrogens is 134 g/mol. The Morgan fingerprint density at radius 3 is 2.27 bits per heavy atom. The van der Waals surface area contributed by atoms with Gasteiger partial charge in [-0.1, -0.05) is 12.8 Å². The molecule has 0 aromatic carbocycles. The van der Waals surface area contributed by atoms with Gasteiger partial charge in [-0.2, -0.15) is 0 Å². The normalized spacial score (nSPS) is 27.8. The van der Waals surface area contributed by atoms with Crippen molar-refractivity contribution >= 4 is 0 Å². The summed E-state index contributed by atoms with van der Waals surface area (Å²) in [6.07, 6.45) is 11.0. The van der Waals surface area contributed by atoms with Crippen LogP contribution in [0.5, 0.6) is 0 Å². The monoisotopic (exact) mass is 152 g/mol. The zero-order chi connectivity index (χ0) is 7.68. The highest BCUT2D eigenvalue weighted by Crippen LogP contribution is 2.30. The van der Waals surface area contributed by atoms with Crippen molar-refractivity contribution in [2.75, 3.05) is 7.05 Å². The Hall–Kier alpha value is -0.0400. The Kier molecular flexibility index (Phi) is 2.17. The van der Waals surface area contributed by atoms with Crippen LogP contribution in [-0.2, 0) is 0 Å². The molecule has 0 spiro atoms. The fourth-order valence-corrected chi connectivity index (χ4v) is 2.27. The van der Waals surface area contributed by atoms with Crippen molar-refractivity contribution in [3.63, 3.8) is 0 Å². The minimum Gasteiger partial charge on any atom is -0.300 e. The molecule has 0 aliphatic heterocycles. The molecule has 2 rings (SSSR count). The zero-order valence-electron chi connectivity index (χ0n) is 7.42. The Bertz CT molecular complexity index is 123. The maximum Gasteiger partial charge on any atom is 0.0127 e. The predicted molar refractivity (Wildman–Crippen MR) is 47.3 cm³/mol. The lowest BCUT2D eigenvalue weighted by Crippen LogP contribution is -2.43. The molecule has 0 aromatic rings. The SMILES string of the molecule is CN(C1[CH]CC1)C1CCCC1. The van der Waals surface area contributed by atoms with Crippen molar-refractivity contribution < 1.29 is 0 Å². The molecule has 0 N–H and O–H groups in total. The van der Waals surface area contributed by atoms with E-state index < -0.39 is 0 Å². The lowest BCUT2D eigenvalue weighted by Gasteiger charge is -2.38. The lowest BCUT2D eigenvalue weighted by atomic mass is 9.90. The highest BCUT2D eigenvalue weighted by Gasteiger charge is 2.28. The van der Waals surface area contributed by atoms with E-state index >= 15 is 0 Å². The van der Waals surface area contributed by atoms with E-state index in [1.165, 1.54) is 38.5 Å². The molecule has 0 aromatic heterocycles. The van der Waals surface area contributed by atoms with Gasteiger partial charge in [0.15, 0.2) is 0 Å². The molecule has 2 saturated carbocycles. The van der Waals surface area contributed by atoms with Crippen LogP contribution in [0, 0.1) is 6.42 Å². The minimum absolute atomic E-state index is 0.832. The van der Waals surface area contributed by atoms with E-state index in [-0.39, 0.29) is 0 Å². The quantitative estimate of drug-likeness (QED) is 0.586. The molecule has 11 heavy (non-hydrogen) atoms. The summed E-state index contributed by atoms with van der Waals surface area (Å²) in [5, 5.41) is 0. The molecule has 0 amide bonds. The van der Waals surface area contributed by atoms with E-state index in [9.17, 15) is 0 Å². The van der Waals surface area contributed by atoms with E-state index in [1.807, 2.05) is 0 Å². The Morgan fingerprint density at radius 1 is 1.18 bits per heavy atom. The van der Waals surface area contributed by atoms with Gasteiger partial charge in [-0.25, -0.2) is 0 Å². The maximum atomic E-state index is 2.59. The van der Waals surface area contributed by atoms with Crippen LogP contribution in [0.25, 0.3) is 0 Å². The molecule has 0 saturated heterocycles. The largest absolute Gasteiger partial charge is 0.300 e. The summed E-state index contributed by atoms with van der Waals surface area (Å²) in [5.41, 5.74) is 0. The first kappa shape index (κ1) is 7.60. The maximum absolute atomic E-state index is 2.59. The number of hydrogen-bond acceptors (Lipinski definition) is 1. The van der Waals surface area contributed by atoms with Gasteiger partial charge in [-0.15, -0.1) is 0 Å². The van der Waals surface area contributed by atoms with Crippen LogP contribution in [-0.4, -0.2) is 24.0 Å². The average Bonchev–Trinajstić information content (AvgIpc) is 2.32. The third-order valence-electron chi connectivity index (χ3n) is 3.32. The van der Waals surface area contributed by atoms with E-state index in [2.05, 4.69) is 18.4 Å². The topological polar surface area (TPSA) is 3.24 Å². The van der Waals surface area contributed by atoms with Gasteiger partial charge in [0.05, 0.1) is 0 Å². The summed E-state index contributed by atoms with van der Waals surface area (Å²) >= 11 is 0. The van der Waals surface area contributed by atoms with E-state index in [0.717, 1.165) is 12.1 Å². The van der Waals surface area contributed by atoms with Crippen molar-refractivity contribution in [1.29, 1.82) is 0 Å². The van der Waals surface area contributed by atoms with Gasteiger partial charge >= 0.3 is 0 Å². The van der Waals surface area contributed by atoms with E-state index in [4.69, 9.17) is 0 Å². The number of hydrogen-bond donors (Lipinski definition) is 0. The van der Waals surface area contributed by atoms with Crippen LogP contribution in [0.1, 0.15) is 38.5 Å². The van der Waals surface area contributed by atoms with Crippen LogP contribution in [0.3, 0.4) is 0 Å². The zero-order valence-corrected chi connectivity index (χ0v) is 7.42. The summed E-state index contributed by atoms with van der Waals surface area (Å²) < 4.78 is 0. The second kappa shape index (κ2) is 3.14. The number of nitrogens with zero attached hydrogens (tertiary/aromatic N) is 1. The van der Waals surface area contributed by atoms with Crippen molar-refractivity contribution in [2.45, 2.75) is 50.6 Å². The van der Waals surface area contributed by atoms with Gasteiger partial charge in [-0.3, -0.25) is 0 Å². The second-order valence-corrected chi connectivity index (χ2v) is 3.98. The molecule has 1 heteroatoms. The molecule has 1 nitrogen and oxygen atoms in total. The van der Waals surface area contributed by atoms with Gasteiger partial charge in [0.2, 0.25) is 0 Å². The van der Waals surface area contributed by atoms with Gasteiger partial charge in [0.1, 0.15) is 0 Å². The molecule has 2 fully saturated rings. The van der Waals surface area contributed by atoms with Crippen LogP contribution in [0.2, 0.25) is 0 Å². The summed E-state index contributed by atoms with van der Waals surface area (Å²) in [4.78, 5) is 2.59. The highest BCUT2D eigenvalue weighted by atomic mass is 15.2. The van der Waals surface area contributed by atoms with Gasteiger partial charge in [0, 0.05) is 12.1 Å².